The number of halogens is 1. The Kier molecular flexibility index (Phi) is 6.44. The number of aromatic nitrogens is 1. The summed E-state index contributed by atoms with van der Waals surface area (Å²) in [4.78, 5) is 29.7. The van der Waals surface area contributed by atoms with Gasteiger partial charge >= 0.3 is 0 Å². The third-order valence-electron chi connectivity index (χ3n) is 4.78. The molecular weight excluding hydrogens is 426 g/mol. The molecule has 7 heteroatoms. The highest BCUT2D eigenvalue weighted by molar-refractivity contribution is 6.30. The van der Waals surface area contributed by atoms with E-state index in [1.54, 1.807) is 42.5 Å². The fourth-order valence-corrected chi connectivity index (χ4v) is 3.46. The van der Waals surface area contributed by atoms with Gasteiger partial charge < -0.3 is 15.4 Å². The average Bonchev–Trinajstić information content (AvgIpc) is 2.79. The quantitative estimate of drug-likeness (QED) is 0.417. The molecule has 6 nitrogen and oxygen atoms in total. The number of fused-ring (bicyclic) bond motifs is 1. The average molecular weight is 446 g/mol. The zero-order valence-electron chi connectivity index (χ0n) is 17.3. The molecule has 0 atom stereocenters. The van der Waals surface area contributed by atoms with Crippen molar-refractivity contribution in [1.29, 1.82) is 0 Å². The lowest BCUT2D eigenvalue weighted by molar-refractivity contribution is -0.119. The van der Waals surface area contributed by atoms with Crippen LogP contribution in [0.5, 0.6) is 0 Å². The number of benzene rings is 3. The van der Waals surface area contributed by atoms with Gasteiger partial charge in [0.2, 0.25) is 5.91 Å². The fraction of sp³-hybridized carbons (Fsp3) is 0.0800. The van der Waals surface area contributed by atoms with E-state index in [-0.39, 0.29) is 18.4 Å². The molecule has 0 bridgehead atoms. The smallest absolute Gasteiger partial charge is 0.256 e. The first kappa shape index (κ1) is 21.5. The second kappa shape index (κ2) is 9.60. The van der Waals surface area contributed by atoms with Crippen LogP contribution in [0.3, 0.4) is 0 Å². The van der Waals surface area contributed by atoms with E-state index in [0.29, 0.717) is 33.2 Å². The Labute approximate surface area is 190 Å². The molecule has 0 spiro atoms. The van der Waals surface area contributed by atoms with E-state index in [1.165, 1.54) is 7.11 Å². The first-order valence-corrected chi connectivity index (χ1v) is 10.3. The number of pyridine rings is 1. The summed E-state index contributed by atoms with van der Waals surface area (Å²) in [6, 6.07) is 23.5. The highest BCUT2D eigenvalue weighted by Gasteiger charge is 2.15. The van der Waals surface area contributed by atoms with Crippen LogP contribution < -0.4 is 10.6 Å². The highest BCUT2D eigenvalue weighted by Crippen LogP contribution is 2.27. The van der Waals surface area contributed by atoms with Gasteiger partial charge in [-0.3, -0.25) is 9.59 Å². The molecule has 1 heterocycles. The van der Waals surface area contributed by atoms with Gasteiger partial charge in [-0.2, -0.15) is 0 Å². The minimum atomic E-state index is -0.279. The molecule has 0 aliphatic carbocycles. The molecule has 0 aliphatic rings. The third-order valence-corrected chi connectivity index (χ3v) is 5.03. The van der Waals surface area contributed by atoms with Gasteiger partial charge in [0, 0.05) is 34.5 Å². The number of hydrogen-bond acceptors (Lipinski definition) is 4. The van der Waals surface area contributed by atoms with Crippen LogP contribution in [0.25, 0.3) is 22.2 Å². The van der Waals surface area contributed by atoms with E-state index >= 15 is 0 Å². The van der Waals surface area contributed by atoms with E-state index in [9.17, 15) is 9.59 Å². The summed E-state index contributed by atoms with van der Waals surface area (Å²) < 4.78 is 4.83. The lowest BCUT2D eigenvalue weighted by Crippen LogP contribution is -2.17. The minimum Gasteiger partial charge on any atom is -0.375 e. The maximum absolute atomic E-state index is 13.2. The number of rotatable bonds is 6. The Hall–Kier alpha value is -3.74. The van der Waals surface area contributed by atoms with Crippen molar-refractivity contribution in [2.75, 3.05) is 24.4 Å². The van der Waals surface area contributed by atoms with Crippen molar-refractivity contribution in [2.45, 2.75) is 0 Å². The molecule has 0 radical (unpaired) electrons. The number of methoxy groups -OCH3 is 1. The van der Waals surface area contributed by atoms with Crippen molar-refractivity contribution in [3.05, 3.63) is 89.4 Å². The molecule has 0 saturated carbocycles. The molecular formula is C25H20ClN3O3. The molecule has 4 rings (SSSR count). The summed E-state index contributed by atoms with van der Waals surface area (Å²) in [5, 5.41) is 7.01. The van der Waals surface area contributed by atoms with Gasteiger partial charge in [-0.1, -0.05) is 48.0 Å². The molecule has 160 valence electrons. The van der Waals surface area contributed by atoms with Crippen molar-refractivity contribution in [3.63, 3.8) is 0 Å². The van der Waals surface area contributed by atoms with Crippen LogP contribution in [0.4, 0.5) is 11.4 Å². The summed E-state index contributed by atoms with van der Waals surface area (Å²) in [5.41, 5.74) is 3.86. The molecule has 0 aliphatic heterocycles. The van der Waals surface area contributed by atoms with Gasteiger partial charge in [-0.25, -0.2) is 4.98 Å². The van der Waals surface area contributed by atoms with Gasteiger partial charge in [0.15, 0.2) is 0 Å². The van der Waals surface area contributed by atoms with E-state index in [4.69, 9.17) is 21.3 Å². The second-order valence-electron chi connectivity index (χ2n) is 7.10. The number of carbonyl (C=O) groups is 2. The molecule has 0 fully saturated rings. The van der Waals surface area contributed by atoms with Crippen LogP contribution >= 0.6 is 11.6 Å². The Morgan fingerprint density at radius 3 is 2.38 bits per heavy atom. The fourth-order valence-electron chi connectivity index (χ4n) is 3.33. The molecule has 32 heavy (non-hydrogen) atoms. The first-order valence-electron chi connectivity index (χ1n) is 9.89. The molecule has 2 N–H and O–H groups in total. The number of anilines is 2. The molecule has 3 aromatic carbocycles. The van der Waals surface area contributed by atoms with Gasteiger partial charge in [0.25, 0.3) is 5.91 Å². The number of amides is 2. The van der Waals surface area contributed by atoms with Crippen LogP contribution in [0.1, 0.15) is 10.4 Å². The summed E-state index contributed by atoms with van der Waals surface area (Å²) in [6.45, 7) is -0.0485. The minimum absolute atomic E-state index is 0.0485. The Bertz CT molecular complexity index is 1290. The number of hydrogen-bond donors (Lipinski definition) is 2. The Morgan fingerprint density at radius 2 is 1.62 bits per heavy atom. The summed E-state index contributed by atoms with van der Waals surface area (Å²) >= 11 is 6.01. The topological polar surface area (TPSA) is 80.3 Å². The Balaban J connectivity index is 1.66. The Morgan fingerprint density at radius 1 is 0.906 bits per heavy atom. The number of para-hydroxylation sites is 1. The van der Waals surface area contributed by atoms with Crippen LogP contribution in [0.15, 0.2) is 78.9 Å². The van der Waals surface area contributed by atoms with Gasteiger partial charge in [0.1, 0.15) is 6.61 Å². The maximum Gasteiger partial charge on any atom is 0.256 e. The lowest BCUT2D eigenvalue weighted by atomic mass is 10.0. The number of ether oxygens (including phenoxy) is 1. The second-order valence-corrected chi connectivity index (χ2v) is 7.53. The van der Waals surface area contributed by atoms with E-state index < -0.39 is 0 Å². The van der Waals surface area contributed by atoms with Crippen molar-refractivity contribution in [2.24, 2.45) is 0 Å². The standard InChI is InChI=1S/C25H20ClN3O3/c1-32-15-24(30)27-18-5-4-6-19(13-18)28-25(31)21-14-23(16-9-11-17(26)12-10-16)29-22-8-3-2-7-20(21)22/h2-14H,15H2,1H3,(H,27,30)(H,28,31). The van der Waals surface area contributed by atoms with Crippen LogP contribution in [-0.2, 0) is 9.53 Å². The number of carbonyl (C=O) groups excluding carboxylic acids is 2. The summed E-state index contributed by atoms with van der Waals surface area (Å²) in [5.74, 6) is -0.553. The van der Waals surface area contributed by atoms with Crippen LogP contribution in [0, 0.1) is 0 Å². The van der Waals surface area contributed by atoms with E-state index in [1.807, 2.05) is 36.4 Å². The molecule has 0 unspecified atom stereocenters. The van der Waals surface area contributed by atoms with Gasteiger partial charge in [-0.05, 0) is 42.5 Å². The van der Waals surface area contributed by atoms with Crippen LogP contribution in [-0.4, -0.2) is 30.5 Å². The SMILES string of the molecule is COCC(=O)Nc1cccc(NC(=O)c2cc(-c3ccc(Cl)cc3)nc3ccccc23)c1. The first-order chi connectivity index (χ1) is 15.5. The van der Waals surface area contributed by atoms with Crippen LogP contribution in [0.2, 0.25) is 5.02 Å². The normalized spacial score (nSPS) is 10.7. The predicted molar refractivity (Wildman–Crippen MR) is 127 cm³/mol. The highest BCUT2D eigenvalue weighted by atomic mass is 35.5. The number of nitrogens with zero attached hydrogens (tertiary/aromatic N) is 1. The summed E-state index contributed by atoms with van der Waals surface area (Å²) in [7, 11) is 1.45. The molecule has 0 saturated heterocycles. The van der Waals surface area contributed by atoms with Gasteiger partial charge in [0.05, 0.1) is 16.8 Å². The summed E-state index contributed by atoms with van der Waals surface area (Å²) in [6.07, 6.45) is 0. The van der Waals surface area contributed by atoms with Crippen molar-refractivity contribution >= 4 is 45.7 Å². The third kappa shape index (κ3) is 4.94. The van der Waals surface area contributed by atoms with Crippen molar-refractivity contribution in [1.82, 2.24) is 4.98 Å². The zero-order valence-corrected chi connectivity index (χ0v) is 18.0. The van der Waals surface area contributed by atoms with Crippen molar-refractivity contribution < 1.29 is 14.3 Å². The molecule has 2 amide bonds. The van der Waals surface area contributed by atoms with E-state index in [2.05, 4.69) is 10.6 Å². The largest absolute Gasteiger partial charge is 0.375 e. The lowest BCUT2D eigenvalue weighted by Gasteiger charge is -2.12. The maximum atomic E-state index is 13.2. The zero-order chi connectivity index (χ0) is 22.5. The molecule has 4 aromatic rings. The van der Waals surface area contributed by atoms with Crippen molar-refractivity contribution in [3.8, 4) is 11.3 Å². The number of nitrogens with one attached hydrogen (secondary N) is 2. The monoisotopic (exact) mass is 445 g/mol. The predicted octanol–water partition coefficient (Wildman–Crippen LogP) is 5.39. The molecule has 1 aromatic heterocycles. The van der Waals surface area contributed by atoms with E-state index in [0.717, 1.165) is 10.9 Å². The van der Waals surface area contributed by atoms with Gasteiger partial charge in [-0.15, -0.1) is 0 Å².